The zero-order valence-electron chi connectivity index (χ0n) is 31.9. The largest absolute Gasteiger partial charge is 0.315 e. The van der Waals surface area contributed by atoms with Crippen LogP contribution in [0.3, 0.4) is 0 Å². The number of hydrogen-bond acceptors (Lipinski definition) is 3. The Hall–Kier alpha value is -7.49. The van der Waals surface area contributed by atoms with Gasteiger partial charge in [0.05, 0.1) is 17.2 Å². The number of anilines is 5. The van der Waals surface area contributed by atoms with Crippen molar-refractivity contribution >= 4 is 61.4 Å². The summed E-state index contributed by atoms with van der Waals surface area (Å²) in [4.78, 5) is 10.2. The number of nitrogens with zero attached hydrogens (tertiary/aromatic N) is 3. The van der Waals surface area contributed by atoms with Crippen molar-refractivity contribution in [3.63, 3.8) is 0 Å². The second-order valence-electron chi connectivity index (χ2n) is 15.0. The van der Waals surface area contributed by atoms with Gasteiger partial charge in [0, 0.05) is 27.8 Å². The Balaban J connectivity index is 1.23. The number of fused-ring (bicyclic) bond motifs is 1. The van der Waals surface area contributed by atoms with Gasteiger partial charge in [-0.25, -0.2) is 4.98 Å². The van der Waals surface area contributed by atoms with Crippen LogP contribution < -0.4 is 9.80 Å². The summed E-state index contributed by atoms with van der Waals surface area (Å²) in [7, 11) is 0. The van der Waals surface area contributed by atoms with Gasteiger partial charge in [-0.15, -0.1) is 0 Å². The Bertz CT molecular complexity index is 2970. The molecule has 0 bridgehead atoms. The highest BCUT2D eigenvalue weighted by molar-refractivity contribution is 6.14. The predicted molar refractivity (Wildman–Crippen MR) is 243 cm³/mol. The molecule has 0 amide bonds. The molecule has 0 spiro atoms. The molecule has 1 heterocycles. The topological polar surface area (TPSA) is 19.4 Å². The first-order chi connectivity index (χ1) is 28.8. The Labute approximate surface area is 339 Å². The molecule has 3 heteroatoms. The molecule has 0 N–H and O–H groups in total. The van der Waals surface area contributed by atoms with Crippen molar-refractivity contribution < 1.29 is 0 Å². The molecule has 1 aromatic heterocycles. The molecule has 0 aliphatic heterocycles. The molecule has 1 unspecified atom stereocenters. The van der Waals surface area contributed by atoms with E-state index < -0.39 is 0 Å². The van der Waals surface area contributed by atoms with E-state index in [-0.39, 0.29) is 6.04 Å². The van der Waals surface area contributed by atoms with E-state index in [1.54, 1.807) is 0 Å². The average molecular weight is 742 g/mol. The van der Waals surface area contributed by atoms with Gasteiger partial charge in [0.1, 0.15) is 5.82 Å². The van der Waals surface area contributed by atoms with Crippen LogP contribution in [-0.2, 0) is 6.42 Å². The third-order valence-corrected chi connectivity index (χ3v) is 11.7. The second kappa shape index (κ2) is 14.2. The quantitative estimate of drug-likeness (QED) is 0.155. The predicted octanol–water partition coefficient (Wildman–Crippen LogP) is 14.1. The maximum absolute atomic E-state index is 5.35. The van der Waals surface area contributed by atoms with Crippen LogP contribution in [0.4, 0.5) is 28.6 Å². The van der Waals surface area contributed by atoms with Crippen LogP contribution >= 0.6 is 0 Å². The highest BCUT2D eigenvalue weighted by Crippen LogP contribution is 2.52. The fraction of sp³-hybridized carbons (Fsp3) is 0.0364. The lowest BCUT2D eigenvalue weighted by Gasteiger charge is -2.40. The van der Waals surface area contributed by atoms with Crippen molar-refractivity contribution in [3.8, 4) is 11.1 Å². The van der Waals surface area contributed by atoms with Crippen molar-refractivity contribution in [2.45, 2.75) is 12.5 Å². The van der Waals surface area contributed by atoms with Crippen molar-refractivity contribution in [2.75, 3.05) is 9.80 Å². The zero-order chi connectivity index (χ0) is 38.4. The molecule has 0 saturated heterocycles. The van der Waals surface area contributed by atoms with Crippen molar-refractivity contribution in [2.24, 2.45) is 0 Å². The van der Waals surface area contributed by atoms with Gasteiger partial charge in [-0.1, -0.05) is 152 Å². The molecule has 0 radical (unpaired) electrons. The lowest BCUT2D eigenvalue weighted by atomic mass is 9.73. The van der Waals surface area contributed by atoms with Crippen molar-refractivity contribution in [3.05, 3.63) is 241 Å². The molecule has 58 heavy (non-hydrogen) atoms. The molecule has 8 aromatic carbocycles. The summed E-state index contributed by atoms with van der Waals surface area (Å²) >= 11 is 0. The molecule has 9 aromatic rings. The van der Waals surface area contributed by atoms with Crippen LogP contribution in [-0.4, -0.2) is 11.0 Å². The average Bonchev–Trinajstić information content (AvgIpc) is 3.30. The second-order valence-corrected chi connectivity index (χ2v) is 15.0. The standard InChI is InChI=1S/C55H39N3/c1-6-18-38(19-7-1)48-36-51(57(41-23-10-3-11-24-41)42-25-12-4-13-26-42)46-33-31-45-49(39-20-8-2-9-21-39)37-52(47-34-32-44(48)54(46)55(45)47)58(43-27-14-5-15-28-43)53-35-30-40-22-16-17-29-50(40)56-53/h1-31,33-37,52H,32H2. The zero-order valence-corrected chi connectivity index (χ0v) is 31.9. The van der Waals surface area contributed by atoms with Crippen LogP contribution in [0.1, 0.15) is 22.3 Å². The summed E-state index contributed by atoms with van der Waals surface area (Å²) in [6, 6.07) is 74.0. The molecule has 274 valence electrons. The molecular weight excluding hydrogens is 703 g/mol. The summed E-state index contributed by atoms with van der Waals surface area (Å²) in [6.07, 6.45) is 5.79. The highest BCUT2D eigenvalue weighted by Gasteiger charge is 2.36. The normalized spacial score (nSPS) is 14.2. The number of aromatic nitrogens is 1. The van der Waals surface area contributed by atoms with Gasteiger partial charge in [-0.05, 0) is 123 Å². The van der Waals surface area contributed by atoms with Crippen molar-refractivity contribution in [1.29, 1.82) is 0 Å². The number of pyridine rings is 1. The first-order valence-electron chi connectivity index (χ1n) is 20.1. The molecule has 3 nitrogen and oxygen atoms in total. The van der Waals surface area contributed by atoms with Crippen LogP contribution in [0, 0.1) is 0 Å². The van der Waals surface area contributed by atoms with Crippen LogP contribution in [0.5, 0.6) is 0 Å². The van der Waals surface area contributed by atoms with E-state index in [4.69, 9.17) is 4.98 Å². The summed E-state index contributed by atoms with van der Waals surface area (Å²) in [5.74, 6) is 0.916. The number of rotatable bonds is 8. The maximum Gasteiger partial charge on any atom is 0.134 e. The summed E-state index contributed by atoms with van der Waals surface area (Å²) in [6.45, 7) is 0. The van der Waals surface area contributed by atoms with E-state index in [2.05, 4.69) is 228 Å². The fourth-order valence-electron chi connectivity index (χ4n) is 9.16. The van der Waals surface area contributed by atoms with Crippen LogP contribution in [0.2, 0.25) is 0 Å². The Morgan fingerprint density at radius 2 is 1.09 bits per heavy atom. The summed E-state index contributed by atoms with van der Waals surface area (Å²) in [5.41, 5.74) is 15.6. The Morgan fingerprint density at radius 3 is 1.76 bits per heavy atom. The molecule has 2 aliphatic rings. The van der Waals surface area contributed by atoms with E-state index in [0.29, 0.717) is 0 Å². The van der Waals surface area contributed by atoms with Gasteiger partial charge >= 0.3 is 0 Å². The molecular formula is C55H39N3. The van der Waals surface area contributed by atoms with Gasteiger partial charge < -0.3 is 9.80 Å². The maximum atomic E-state index is 5.35. The fourth-order valence-corrected chi connectivity index (χ4v) is 9.16. The molecule has 11 rings (SSSR count). The third kappa shape index (κ3) is 5.71. The highest BCUT2D eigenvalue weighted by atomic mass is 15.2. The molecule has 0 saturated carbocycles. The minimum Gasteiger partial charge on any atom is -0.315 e. The Morgan fingerprint density at radius 1 is 0.500 bits per heavy atom. The van der Waals surface area contributed by atoms with E-state index >= 15 is 0 Å². The third-order valence-electron chi connectivity index (χ3n) is 11.7. The number of benzene rings is 8. The number of allylic oxidation sites excluding steroid dienone is 1. The van der Waals surface area contributed by atoms with Gasteiger partial charge in [0.2, 0.25) is 0 Å². The van der Waals surface area contributed by atoms with Gasteiger partial charge in [-0.3, -0.25) is 0 Å². The number of para-hydroxylation sites is 4. The monoisotopic (exact) mass is 741 g/mol. The lowest BCUT2D eigenvalue weighted by Crippen LogP contribution is -2.34. The lowest BCUT2D eigenvalue weighted by molar-refractivity contribution is 0.928. The minimum absolute atomic E-state index is 0.138. The molecule has 1 atom stereocenters. The van der Waals surface area contributed by atoms with E-state index in [9.17, 15) is 0 Å². The Kier molecular flexibility index (Phi) is 8.29. The van der Waals surface area contributed by atoms with E-state index in [0.717, 1.165) is 45.9 Å². The number of hydrogen-bond donors (Lipinski definition) is 0. The van der Waals surface area contributed by atoms with Crippen molar-refractivity contribution in [1.82, 2.24) is 4.98 Å². The smallest absolute Gasteiger partial charge is 0.134 e. The molecule has 0 fully saturated rings. The first-order valence-corrected chi connectivity index (χ1v) is 20.1. The van der Waals surface area contributed by atoms with E-state index in [1.165, 1.54) is 55.3 Å². The van der Waals surface area contributed by atoms with Gasteiger partial charge in [0.15, 0.2) is 0 Å². The van der Waals surface area contributed by atoms with Gasteiger partial charge in [-0.2, -0.15) is 0 Å². The van der Waals surface area contributed by atoms with Crippen LogP contribution in [0.15, 0.2) is 218 Å². The molecule has 2 aliphatic carbocycles. The van der Waals surface area contributed by atoms with Crippen LogP contribution in [0.25, 0.3) is 43.9 Å². The summed E-state index contributed by atoms with van der Waals surface area (Å²) in [5, 5.41) is 3.67. The van der Waals surface area contributed by atoms with Gasteiger partial charge in [0.25, 0.3) is 0 Å². The SMILES string of the molecule is C1=C(c2ccccc2)c2ccc3c(N(c4ccccc4)c4ccccc4)cc(-c4ccccc4)c4c3c2C(=CC4)C1N(c1ccccc1)c1ccc2ccccc2n1. The van der Waals surface area contributed by atoms with E-state index in [1.807, 2.05) is 0 Å². The minimum atomic E-state index is -0.138. The summed E-state index contributed by atoms with van der Waals surface area (Å²) < 4.78 is 0. The first kappa shape index (κ1) is 33.8.